The number of aryl methyl sites for hydroxylation is 2. The van der Waals surface area contributed by atoms with Crippen LogP contribution in [0.1, 0.15) is 99.4 Å². The molecule has 2 aliphatic carbocycles. The lowest BCUT2D eigenvalue weighted by Crippen LogP contribution is -2.57. The van der Waals surface area contributed by atoms with E-state index in [1.165, 1.54) is 53.8 Å². The van der Waals surface area contributed by atoms with Crippen LogP contribution in [-0.2, 0) is 24.3 Å². The lowest BCUT2D eigenvalue weighted by molar-refractivity contribution is -0.0860. The first kappa shape index (κ1) is 29.9. The number of nitrogens with zero attached hydrogens (tertiary/aromatic N) is 3. The minimum atomic E-state index is 0.164. The predicted molar refractivity (Wildman–Crippen MR) is 176 cm³/mol. The summed E-state index contributed by atoms with van der Waals surface area (Å²) < 4.78 is 12.4. The number of aromatic nitrogens is 1. The van der Waals surface area contributed by atoms with Crippen molar-refractivity contribution in [2.24, 2.45) is 5.92 Å². The first-order valence-electron chi connectivity index (χ1n) is 16.8. The number of rotatable bonds is 10. The molecule has 0 N–H and O–H groups in total. The number of carbonyl (C=O) groups is 1. The van der Waals surface area contributed by atoms with E-state index in [-0.39, 0.29) is 5.91 Å². The van der Waals surface area contributed by atoms with Crippen molar-refractivity contribution in [2.75, 3.05) is 19.6 Å². The van der Waals surface area contributed by atoms with Crippen molar-refractivity contribution in [3.8, 4) is 5.88 Å². The van der Waals surface area contributed by atoms with Gasteiger partial charge in [0.25, 0.3) is 5.91 Å². The molecule has 2 aliphatic heterocycles. The van der Waals surface area contributed by atoms with Gasteiger partial charge in [0.2, 0.25) is 5.88 Å². The van der Waals surface area contributed by atoms with E-state index in [2.05, 4.69) is 43.9 Å². The third-order valence-electron chi connectivity index (χ3n) is 10.5. The summed E-state index contributed by atoms with van der Waals surface area (Å²) in [5.74, 6) is 2.00. The van der Waals surface area contributed by atoms with Crippen LogP contribution in [-0.4, -0.2) is 58.6 Å². The summed E-state index contributed by atoms with van der Waals surface area (Å²) in [4.78, 5) is 26.2. The Labute approximate surface area is 266 Å². The van der Waals surface area contributed by atoms with E-state index in [4.69, 9.17) is 14.5 Å². The molecule has 0 unspecified atom stereocenters. The second kappa shape index (κ2) is 12.6. The van der Waals surface area contributed by atoms with E-state index in [0.29, 0.717) is 43.1 Å². The van der Waals surface area contributed by atoms with E-state index in [1.54, 1.807) is 0 Å². The average Bonchev–Trinajstić information content (AvgIpc) is 3.77. The van der Waals surface area contributed by atoms with E-state index in [9.17, 15) is 4.79 Å². The van der Waals surface area contributed by atoms with Crippen molar-refractivity contribution in [3.05, 3.63) is 79.7 Å². The van der Waals surface area contributed by atoms with Crippen molar-refractivity contribution >= 4 is 17.2 Å². The van der Waals surface area contributed by atoms with Gasteiger partial charge in [0.05, 0.1) is 24.3 Å². The molecule has 1 aromatic carbocycles. The van der Waals surface area contributed by atoms with Gasteiger partial charge in [0.15, 0.2) is 0 Å². The van der Waals surface area contributed by atoms with Crippen LogP contribution in [0, 0.1) is 26.7 Å². The molecule has 0 radical (unpaired) electrons. The summed E-state index contributed by atoms with van der Waals surface area (Å²) in [7, 11) is 0. The highest BCUT2D eigenvalue weighted by molar-refractivity contribution is 7.12. The monoisotopic (exact) mass is 613 g/mol. The zero-order chi connectivity index (χ0) is 30.4. The molecule has 234 valence electrons. The highest BCUT2D eigenvalue weighted by Gasteiger charge is 2.39. The van der Waals surface area contributed by atoms with Crippen LogP contribution in [0.25, 0.3) is 0 Å². The summed E-state index contributed by atoms with van der Waals surface area (Å²) >= 11 is 1.91. The average molecular weight is 614 g/mol. The molecule has 7 heteroatoms. The molecule has 1 saturated heterocycles. The summed E-state index contributed by atoms with van der Waals surface area (Å²) in [6, 6.07) is 13.0. The fraction of sp³-hybridized carbons (Fsp3) is 0.568. The molecule has 6 nitrogen and oxygen atoms in total. The Bertz CT molecular complexity index is 1490. The number of hydrogen-bond acceptors (Lipinski definition) is 6. The molecule has 1 amide bonds. The number of likely N-dealkylation sites (tertiary alicyclic amines) is 1. The Morgan fingerprint density at radius 2 is 1.75 bits per heavy atom. The van der Waals surface area contributed by atoms with Gasteiger partial charge in [-0.1, -0.05) is 37.3 Å². The Hall–Kier alpha value is -2.74. The quantitative estimate of drug-likeness (QED) is 0.239. The third kappa shape index (κ3) is 6.20. The third-order valence-corrected chi connectivity index (χ3v) is 12.1. The molecule has 4 aliphatic rings. The maximum Gasteiger partial charge on any atom is 0.255 e. The van der Waals surface area contributed by atoms with Crippen LogP contribution in [0.3, 0.4) is 0 Å². The Morgan fingerprint density at radius 1 is 1.00 bits per heavy atom. The SMILES string of the molecule is Cc1cc(C)c(CN2CCc3sc([C@H](C)C4CCC(N5CC(OC6CC6)C5)CC4)c(C)c3C2=O)c(OCc2ccccc2)n1. The fourth-order valence-corrected chi connectivity index (χ4v) is 9.13. The minimum absolute atomic E-state index is 0.164. The van der Waals surface area contributed by atoms with E-state index in [1.807, 2.05) is 41.4 Å². The molecule has 7 rings (SSSR count). The first-order chi connectivity index (χ1) is 21.3. The molecule has 0 bridgehead atoms. The molecule has 4 heterocycles. The van der Waals surface area contributed by atoms with Gasteiger partial charge in [0.1, 0.15) is 6.61 Å². The van der Waals surface area contributed by atoms with Crippen molar-refractivity contribution < 1.29 is 14.3 Å². The Morgan fingerprint density at radius 3 is 2.48 bits per heavy atom. The first-order valence-corrected chi connectivity index (χ1v) is 17.6. The number of thiophene rings is 1. The number of carbonyl (C=O) groups excluding carboxylic acids is 1. The molecule has 2 aromatic heterocycles. The number of amides is 1. The number of pyridine rings is 1. The summed E-state index contributed by atoms with van der Waals surface area (Å²) in [5.41, 5.74) is 6.35. The van der Waals surface area contributed by atoms with E-state index < -0.39 is 0 Å². The van der Waals surface area contributed by atoms with Gasteiger partial charge < -0.3 is 14.4 Å². The largest absolute Gasteiger partial charge is 0.473 e. The summed E-state index contributed by atoms with van der Waals surface area (Å²) in [5, 5.41) is 0. The molecule has 44 heavy (non-hydrogen) atoms. The minimum Gasteiger partial charge on any atom is -0.473 e. The van der Waals surface area contributed by atoms with Crippen LogP contribution >= 0.6 is 11.3 Å². The maximum absolute atomic E-state index is 14.0. The van der Waals surface area contributed by atoms with E-state index in [0.717, 1.165) is 60.0 Å². The number of benzene rings is 1. The van der Waals surface area contributed by atoms with Crippen LogP contribution < -0.4 is 4.74 Å². The standard InChI is InChI=1S/C37H47N3O3S/c1-23-18-24(2)38-36(42-22-27-8-6-5-7-9-27)32(23)21-39-17-16-33-34(37(39)41)26(4)35(44-33)25(3)28-10-12-29(13-11-28)40-19-31(20-40)43-30-14-15-30/h5-9,18,25,28-31H,10-17,19-22H2,1-4H3/t25-,28?,29?/m1/s1. The van der Waals surface area contributed by atoms with Crippen LogP contribution in [0.2, 0.25) is 0 Å². The molecular formula is C37H47N3O3S. The molecule has 3 aromatic rings. The molecule has 0 spiro atoms. The zero-order valence-corrected chi connectivity index (χ0v) is 27.6. The summed E-state index contributed by atoms with van der Waals surface area (Å²) in [6.45, 7) is 12.7. The Balaban J connectivity index is 1.000. The van der Waals surface area contributed by atoms with Crippen molar-refractivity contribution in [3.63, 3.8) is 0 Å². The highest BCUT2D eigenvalue weighted by atomic mass is 32.1. The number of ether oxygens (including phenoxy) is 2. The predicted octanol–water partition coefficient (Wildman–Crippen LogP) is 7.37. The van der Waals surface area contributed by atoms with E-state index >= 15 is 0 Å². The lowest BCUT2D eigenvalue weighted by atomic mass is 9.76. The van der Waals surface area contributed by atoms with Gasteiger partial charge in [-0.05, 0) is 93.9 Å². The number of fused-ring (bicyclic) bond motifs is 1. The second-order valence-electron chi connectivity index (χ2n) is 13.8. The number of hydrogen-bond donors (Lipinski definition) is 0. The topological polar surface area (TPSA) is 54.9 Å². The van der Waals surface area contributed by atoms with Gasteiger partial charge in [0, 0.05) is 53.1 Å². The smallest absolute Gasteiger partial charge is 0.255 e. The molecular weight excluding hydrogens is 566 g/mol. The Kier molecular flexibility index (Phi) is 8.55. The molecule has 1 atom stereocenters. The van der Waals surface area contributed by atoms with Crippen molar-refractivity contribution in [1.29, 1.82) is 0 Å². The van der Waals surface area contributed by atoms with Crippen LogP contribution in [0.5, 0.6) is 5.88 Å². The van der Waals surface area contributed by atoms with Crippen molar-refractivity contribution in [2.45, 2.75) is 110 Å². The molecule has 2 saturated carbocycles. The normalized spacial score (nSPS) is 23.4. The van der Waals surface area contributed by atoms with Gasteiger partial charge >= 0.3 is 0 Å². The van der Waals surface area contributed by atoms with Crippen LogP contribution in [0.15, 0.2) is 36.4 Å². The van der Waals surface area contributed by atoms with Gasteiger partial charge in [-0.15, -0.1) is 11.3 Å². The zero-order valence-electron chi connectivity index (χ0n) is 26.8. The van der Waals surface area contributed by atoms with Gasteiger partial charge in [-0.3, -0.25) is 9.69 Å². The van der Waals surface area contributed by atoms with Gasteiger partial charge in [-0.2, -0.15) is 0 Å². The maximum atomic E-state index is 14.0. The highest BCUT2D eigenvalue weighted by Crippen LogP contribution is 2.44. The summed E-state index contributed by atoms with van der Waals surface area (Å²) in [6.07, 6.45) is 9.65. The second-order valence-corrected chi connectivity index (χ2v) is 14.9. The lowest BCUT2D eigenvalue weighted by Gasteiger charge is -2.47. The molecule has 3 fully saturated rings. The van der Waals surface area contributed by atoms with Crippen LogP contribution in [0.4, 0.5) is 0 Å². The van der Waals surface area contributed by atoms with Crippen molar-refractivity contribution in [1.82, 2.24) is 14.8 Å². The van der Waals surface area contributed by atoms with Gasteiger partial charge in [-0.25, -0.2) is 4.98 Å². The fourth-order valence-electron chi connectivity index (χ4n) is 7.70.